The molecular weight excluding hydrogens is 292 g/mol. The number of aliphatic hydroxyl groups is 1. The number of carbonyl (C=O) groups excluding carboxylic acids is 1. The minimum Gasteiger partial charge on any atom is -0.481 e. The standard InChI is InChI=1S/C19H36O4/c1-18(2,15-20)13-9-5-7-11-16(21)12-8-6-10-14-19(3,4)17(22)23/h20H,5-15H2,1-4H3,(H,22,23). The van der Waals surface area contributed by atoms with Crippen LogP contribution in [-0.2, 0) is 9.59 Å². The van der Waals surface area contributed by atoms with Crippen LogP contribution in [0, 0.1) is 10.8 Å². The topological polar surface area (TPSA) is 74.6 Å². The summed E-state index contributed by atoms with van der Waals surface area (Å²) >= 11 is 0. The fourth-order valence-corrected chi connectivity index (χ4v) is 2.48. The van der Waals surface area contributed by atoms with Gasteiger partial charge in [-0.05, 0) is 44.9 Å². The molecule has 4 nitrogen and oxygen atoms in total. The van der Waals surface area contributed by atoms with Gasteiger partial charge in [0.25, 0.3) is 0 Å². The predicted molar refractivity (Wildman–Crippen MR) is 93.5 cm³/mol. The van der Waals surface area contributed by atoms with Gasteiger partial charge in [-0.25, -0.2) is 0 Å². The molecule has 2 N–H and O–H groups in total. The lowest BCUT2D eigenvalue weighted by molar-refractivity contribution is -0.147. The van der Waals surface area contributed by atoms with E-state index < -0.39 is 11.4 Å². The second kappa shape index (κ2) is 10.8. The lowest BCUT2D eigenvalue weighted by Crippen LogP contribution is -2.23. The van der Waals surface area contributed by atoms with Gasteiger partial charge >= 0.3 is 5.97 Å². The molecule has 0 aliphatic carbocycles. The Morgan fingerprint density at radius 1 is 0.783 bits per heavy atom. The molecule has 0 aromatic heterocycles. The van der Waals surface area contributed by atoms with Gasteiger partial charge in [-0.1, -0.05) is 39.5 Å². The molecule has 0 radical (unpaired) electrons. The van der Waals surface area contributed by atoms with Crippen molar-refractivity contribution in [1.29, 1.82) is 0 Å². The van der Waals surface area contributed by atoms with Crippen LogP contribution in [0.25, 0.3) is 0 Å². The summed E-state index contributed by atoms with van der Waals surface area (Å²) in [5, 5.41) is 18.2. The third kappa shape index (κ3) is 11.3. The molecule has 0 aliphatic heterocycles. The molecule has 0 aromatic carbocycles. The summed E-state index contributed by atoms with van der Waals surface area (Å²) in [6.07, 6.45) is 8.63. The summed E-state index contributed by atoms with van der Waals surface area (Å²) in [5.74, 6) is -0.429. The van der Waals surface area contributed by atoms with Crippen LogP contribution in [0.5, 0.6) is 0 Å². The molecule has 0 fully saturated rings. The van der Waals surface area contributed by atoms with E-state index >= 15 is 0 Å². The van der Waals surface area contributed by atoms with Crippen LogP contribution < -0.4 is 0 Å². The van der Waals surface area contributed by atoms with Gasteiger partial charge in [0, 0.05) is 19.4 Å². The SMILES string of the molecule is CC(C)(CO)CCCCCC(=O)CCCCCC(C)(C)C(=O)O. The summed E-state index contributed by atoms with van der Waals surface area (Å²) in [5.41, 5.74) is -0.667. The number of carbonyl (C=O) groups is 2. The van der Waals surface area contributed by atoms with Crippen LogP contribution in [0.2, 0.25) is 0 Å². The van der Waals surface area contributed by atoms with Crippen LogP contribution in [-0.4, -0.2) is 28.6 Å². The van der Waals surface area contributed by atoms with Crippen LogP contribution in [0.3, 0.4) is 0 Å². The average molecular weight is 328 g/mol. The maximum atomic E-state index is 11.8. The highest BCUT2D eigenvalue weighted by Gasteiger charge is 2.25. The van der Waals surface area contributed by atoms with Crippen molar-refractivity contribution in [2.24, 2.45) is 10.8 Å². The molecule has 0 aliphatic rings. The van der Waals surface area contributed by atoms with E-state index in [4.69, 9.17) is 5.11 Å². The van der Waals surface area contributed by atoms with Crippen molar-refractivity contribution in [2.75, 3.05) is 6.61 Å². The molecule has 0 amide bonds. The van der Waals surface area contributed by atoms with Crippen LogP contribution >= 0.6 is 0 Å². The van der Waals surface area contributed by atoms with E-state index in [1.54, 1.807) is 13.8 Å². The van der Waals surface area contributed by atoms with Crippen molar-refractivity contribution in [3.05, 3.63) is 0 Å². The largest absolute Gasteiger partial charge is 0.481 e. The summed E-state index contributed by atoms with van der Waals surface area (Å²) in [6, 6.07) is 0. The number of hydrogen-bond acceptors (Lipinski definition) is 3. The Bertz CT molecular complexity index is 358. The molecule has 4 heteroatoms. The summed E-state index contributed by atoms with van der Waals surface area (Å²) in [4.78, 5) is 22.8. The summed E-state index contributed by atoms with van der Waals surface area (Å²) < 4.78 is 0. The molecule has 136 valence electrons. The van der Waals surface area contributed by atoms with Gasteiger partial charge in [-0.2, -0.15) is 0 Å². The van der Waals surface area contributed by atoms with Crippen molar-refractivity contribution in [3.63, 3.8) is 0 Å². The maximum Gasteiger partial charge on any atom is 0.309 e. The van der Waals surface area contributed by atoms with Gasteiger partial charge < -0.3 is 10.2 Å². The Balaban J connectivity index is 3.57. The lowest BCUT2D eigenvalue weighted by Gasteiger charge is -2.20. The van der Waals surface area contributed by atoms with Crippen LogP contribution in [0.15, 0.2) is 0 Å². The Kier molecular flexibility index (Phi) is 10.4. The van der Waals surface area contributed by atoms with Crippen molar-refractivity contribution in [3.8, 4) is 0 Å². The Morgan fingerprint density at radius 3 is 1.70 bits per heavy atom. The molecular formula is C19H36O4. The monoisotopic (exact) mass is 328 g/mol. The molecule has 0 saturated carbocycles. The van der Waals surface area contributed by atoms with Crippen molar-refractivity contribution in [1.82, 2.24) is 0 Å². The fraction of sp³-hybridized carbons (Fsp3) is 0.895. The quantitative estimate of drug-likeness (QED) is 0.457. The molecule has 0 aromatic rings. The molecule has 23 heavy (non-hydrogen) atoms. The molecule has 0 heterocycles. The number of Topliss-reactive ketones (excluding diaryl/α,β-unsaturated/α-hetero) is 1. The number of aliphatic carboxylic acids is 1. The molecule has 0 rings (SSSR count). The van der Waals surface area contributed by atoms with E-state index in [-0.39, 0.29) is 12.0 Å². The Morgan fingerprint density at radius 2 is 1.26 bits per heavy atom. The van der Waals surface area contributed by atoms with E-state index in [0.717, 1.165) is 44.9 Å². The van der Waals surface area contributed by atoms with Gasteiger partial charge in [-0.3, -0.25) is 9.59 Å². The lowest BCUT2D eigenvalue weighted by atomic mass is 9.87. The van der Waals surface area contributed by atoms with Gasteiger partial charge in [0.15, 0.2) is 0 Å². The first-order valence-electron chi connectivity index (χ1n) is 8.97. The highest BCUT2D eigenvalue weighted by Crippen LogP contribution is 2.24. The third-order valence-electron chi connectivity index (χ3n) is 4.57. The zero-order valence-corrected chi connectivity index (χ0v) is 15.5. The number of ketones is 1. The molecule has 0 bridgehead atoms. The first-order valence-corrected chi connectivity index (χ1v) is 8.97. The van der Waals surface area contributed by atoms with Crippen molar-refractivity contribution in [2.45, 2.75) is 91.9 Å². The Labute approximate surface area is 141 Å². The summed E-state index contributed by atoms with van der Waals surface area (Å²) in [7, 11) is 0. The average Bonchev–Trinajstić information content (AvgIpc) is 2.46. The van der Waals surface area contributed by atoms with Crippen molar-refractivity contribution < 1.29 is 19.8 Å². The highest BCUT2D eigenvalue weighted by molar-refractivity contribution is 5.78. The van der Waals surface area contributed by atoms with Gasteiger partial charge in [0.05, 0.1) is 5.41 Å². The number of aliphatic hydroxyl groups excluding tert-OH is 1. The van der Waals surface area contributed by atoms with E-state index in [1.807, 2.05) is 0 Å². The zero-order chi connectivity index (χ0) is 17.9. The molecule has 0 saturated heterocycles. The van der Waals surface area contributed by atoms with Gasteiger partial charge in [0.2, 0.25) is 0 Å². The van der Waals surface area contributed by atoms with Crippen LogP contribution in [0.1, 0.15) is 91.9 Å². The Hall–Kier alpha value is -0.900. The highest BCUT2D eigenvalue weighted by atomic mass is 16.4. The maximum absolute atomic E-state index is 11.8. The van der Waals surface area contributed by atoms with E-state index in [2.05, 4.69) is 13.8 Å². The molecule has 0 unspecified atom stereocenters. The van der Waals surface area contributed by atoms with Gasteiger partial charge in [0.1, 0.15) is 5.78 Å². The van der Waals surface area contributed by atoms with Gasteiger partial charge in [-0.15, -0.1) is 0 Å². The van der Waals surface area contributed by atoms with E-state index in [9.17, 15) is 14.7 Å². The summed E-state index contributed by atoms with van der Waals surface area (Å²) in [6.45, 7) is 7.83. The number of unbranched alkanes of at least 4 members (excludes halogenated alkanes) is 4. The van der Waals surface area contributed by atoms with E-state index in [1.165, 1.54) is 0 Å². The van der Waals surface area contributed by atoms with Crippen molar-refractivity contribution >= 4 is 11.8 Å². The second-order valence-electron chi connectivity index (χ2n) is 8.17. The first-order chi connectivity index (χ1) is 10.6. The molecule has 0 spiro atoms. The first kappa shape index (κ1) is 22.1. The predicted octanol–water partition coefficient (Wildman–Crippen LogP) is 4.59. The normalized spacial score (nSPS) is 12.4. The fourth-order valence-electron chi connectivity index (χ4n) is 2.48. The number of carboxylic acid groups (broad SMARTS) is 1. The second-order valence-corrected chi connectivity index (χ2v) is 8.17. The minimum absolute atomic E-state index is 0.00621. The molecule has 0 atom stereocenters. The van der Waals surface area contributed by atoms with E-state index in [0.29, 0.717) is 25.0 Å². The smallest absolute Gasteiger partial charge is 0.309 e. The zero-order valence-electron chi connectivity index (χ0n) is 15.5. The van der Waals surface area contributed by atoms with Crippen LogP contribution in [0.4, 0.5) is 0 Å². The number of hydrogen-bond donors (Lipinski definition) is 2. The number of carboxylic acids is 1. The minimum atomic E-state index is -0.752. The number of rotatable bonds is 14. The third-order valence-corrected chi connectivity index (χ3v) is 4.57.